The molecule has 2 saturated carbocycles. The number of halogens is 1. The molecule has 0 unspecified atom stereocenters. The summed E-state index contributed by atoms with van der Waals surface area (Å²) in [5.41, 5.74) is -1.26. The summed E-state index contributed by atoms with van der Waals surface area (Å²) in [7, 11) is -2.45. The van der Waals surface area contributed by atoms with Gasteiger partial charge in [-0.3, -0.25) is 19.1 Å². The number of hydrogen-bond acceptors (Lipinski definition) is 12. The minimum absolute atomic E-state index is 0.0416. The largest absolute Gasteiger partial charge is 0.496 e. The summed E-state index contributed by atoms with van der Waals surface area (Å²) in [5, 5.41) is 5.28. The van der Waals surface area contributed by atoms with E-state index in [1.54, 1.807) is 45.0 Å². The Balaban J connectivity index is 1.16. The second-order valence-electron chi connectivity index (χ2n) is 17.2. The number of benzene rings is 2. The number of nitrogens with zero attached hydrogens (tertiary/aromatic N) is 3. The second kappa shape index (κ2) is 16.2. The Morgan fingerprint density at radius 1 is 1.05 bits per heavy atom. The number of sulfonamides is 1. The van der Waals surface area contributed by atoms with Crippen LogP contribution in [0.5, 0.6) is 11.6 Å². The summed E-state index contributed by atoms with van der Waals surface area (Å²) in [5.74, 6) is -2.53. The topological polar surface area (TPSA) is 208 Å². The molecular formula is C43H49FN6O10S. The van der Waals surface area contributed by atoms with Gasteiger partial charge in [0.25, 0.3) is 11.8 Å². The van der Waals surface area contributed by atoms with Crippen molar-refractivity contribution in [1.29, 1.82) is 0 Å². The molecule has 3 fully saturated rings. The number of fused-ring (bicyclic) bond motifs is 5. The van der Waals surface area contributed by atoms with Gasteiger partial charge in [0.1, 0.15) is 52.0 Å². The number of nitrogens with one attached hydrogen (secondary N) is 3. The first-order valence-electron chi connectivity index (χ1n) is 20.6. The van der Waals surface area contributed by atoms with E-state index in [1.807, 2.05) is 12.2 Å². The summed E-state index contributed by atoms with van der Waals surface area (Å²) in [4.78, 5) is 67.1. The monoisotopic (exact) mass is 860 g/mol. The summed E-state index contributed by atoms with van der Waals surface area (Å²) in [6.45, 7) is 4.95. The lowest BCUT2D eigenvalue weighted by molar-refractivity contribution is -0.141. The van der Waals surface area contributed by atoms with E-state index in [0.29, 0.717) is 54.4 Å². The first-order chi connectivity index (χ1) is 29.0. The average Bonchev–Trinajstić information content (AvgIpc) is 4.11. The molecule has 2 aliphatic carbocycles. The summed E-state index contributed by atoms with van der Waals surface area (Å²) in [6.07, 6.45) is 5.90. The Morgan fingerprint density at radius 2 is 1.84 bits per heavy atom. The summed E-state index contributed by atoms with van der Waals surface area (Å²) in [6, 6.07) is 8.73. The van der Waals surface area contributed by atoms with Gasteiger partial charge >= 0.3 is 6.09 Å². The van der Waals surface area contributed by atoms with E-state index in [-0.39, 0.29) is 48.6 Å². The van der Waals surface area contributed by atoms with Gasteiger partial charge in [-0.1, -0.05) is 37.1 Å². The van der Waals surface area contributed by atoms with Crippen LogP contribution in [0, 0.1) is 11.7 Å². The third-order valence-electron chi connectivity index (χ3n) is 11.4. The molecule has 0 spiro atoms. The molecule has 0 bridgehead atoms. The molecule has 8 rings (SSSR count). The molecule has 18 heteroatoms. The van der Waals surface area contributed by atoms with Gasteiger partial charge in [-0.15, -0.1) is 0 Å². The predicted molar refractivity (Wildman–Crippen MR) is 220 cm³/mol. The van der Waals surface area contributed by atoms with Crippen molar-refractivity contribution in [2.75, 3.05) is 13.7 Å². The zero-order chi connectivity index (χ0) is 43.3. The quantitative estimate of drug-likeness (QED) is 0.190. The Kier molecular flexibility index (Phi) is 11.2. The molecular weight excluding hydrogens is 812 g/mol. The fraction of sp³-hybridized carbons (Fsp3) is 0.488. The van der Waals surface area contributed by atoms with Crippen LogP contribution in [0.3, 0.4) is 0 Å². The fourth-order valence-corrected chi connectivity index (χ4v) is 9.44. The smallest absolute Gasteiger partial charge is 0.408 e. The number of aromatic nitrogens is 2. The number of hydrogen-bond donors (Lipinski definition) is 3. The van der Waals surface area contributed by atoms with Gasteiger partial charge < -0.3 is 34.2 Å². The number of carbonyl (C=O) groups excluding carboxylic acids is 4. The Labute approximate surface area is 352 Å². The first-order valence-corrected chi connectivity index (χ1v) is 22.1. The van der Waals surface area contributed by atoms with Crippen molar-refractivity contribution in [3.63, 3.8) is 0 Å². The van der Waals surface area contributed by atoms with Gasteiger partial charge in [0.15, 0.2) is 5.82 Å². The number of amides is 4. The zero-order valence-corrected chi connectivity index (χ0v) is 35.2. The molecule has 61 heavy (non-hydrogen) atoms. The number of furan rings is 1. The highest BCUT2D eigenvalue weighted by Crippen LogP contribution is 2.46. The highest BCUT2D eigenvalue weighted by atomic mass is 32.2. The molecule has 324 valence electrons. The number of rotatable bonds is 8. The maximum atomic E-state index is 14.7. The van der Waals surface area contributed by atoms with E-state index in [4.69, 9.17) is 28.6 Å². The lowest BCUT2D eigenvalue weighted by atomic mass is 10.0. The zero-order valence-electron chi connectivity index (χ0n) is 34.4. The van der Waals surface area contributed by atoms with Crippen molar-refractivity contribution in [2.45, 2.75) is 113 Å². The number of allylic oxidation sites excluding steroid dienone is 1. The van der Waals surface area contributed by atoms with Crippen molar-refractivity contribution in [3.05, 3.63) is 60.4 Å². The van der Waals surface area contributed by atoms with Crippen LogP contribution < -0.4 is 24.8 Å². The van der Waals surface area contributed by atoms with Gasteiger partial charge in [0.05, 0.1) is 24.5 Å². The molecule has 4 amide bonds. The average molecular weight is 861 g/mol. The Hall–Kier alpha value is -5.78. The van der Waals surface area contributed by atoms with Gasteiger partial charge in [-0.2, -0.15) is 4.98 Å². The molecule has 2 aromatic heterocycles. The lowest BCUT2D eigenvalue weighted by Crippen LogP contribution is -2.58. The second-order valence-corrected chi connectivity index (χ2v) is 19.1. The van der Waals surface area contributed by atoms with Gasteiger partial charge in [0, 0.05) is 17.7 Å². The summed E-state index contributed by atoms with van der Waals surface area (Å²) >= 11 is 0. The molecule has 16 nitrogen and oxygen atoms in total. The molecule has 4 aliphatic rings. The van der Waals surface area contributed by atoms with Crippen LogP contribution in [-0.2, 0) is 29.1 Å². The minimum atomic E-state index is -3.95. The van der Waals surface area contributed by atoms with Crippen molar-refractivity contribution in [3.8, 4) is 23.0 Å². The maximum Gasteiger partial charge on any atom is 0.408 e. The normalized spacial score (nSPS) is 25.4. The summed E-state index contributed by atoms with van der Waals surface area (Å²) < 4.78 is 66.5. The van der Waals surface area contributed by atoms with Crippen LogP contribution in [0.25, 0.3) is 33.5 Å². The number of methoxy groups -OCH3 is 1. The molecule has 0 radical (unpaired) electrons. The van der Waals surface area contributed by atoms with Crippen molar-refractivity contribution < 1.29 is 50.6 Å². The Morgan fingerprint density at radius 3 is 2.59 bits per heavy atom. The maximum absolute atomic E-state index is 14.7. The molecule has 1 saturated heterocycles. The van der Waals surface area contributed by atoms with E-state index in [0.717, 1.165) is 6.42 Å². The van der Waals surface area contributed by atoms with Gasteiger partial charge in [-0.05, 0) is 89.6 Å². The van der Waals surface area contributed by atoms with Gasteiger partial charge in [0.2, 0.25) is 27.4 Å². The fourth-order valence-electron chi connectivity index (χ4n) is 8.08. The standard InChI is InChI=1S/C43H49FN6O10S/c1-42(2,3)60-41(54)45-30-14-9-7-5-6-8-12-24-22-43(24,40(53)49-61(55,56)27-17-18-27)48-37(51)31-21-26(23-50(31)39(30)52)58-38-35-34(29-20-25(44)16-19-33(29)59-35)46-36(47-38)28-13-10-11-15-32(28)57-4/h8,10-13,15-16,19-20,24,26-27,30-31H,5-7,9,14,17-18,21-23H2,1-4H3,(H,45,54)(H,48,51)(H,49,53)/b12-8-/t24-,26-,30+,31+,43-/m1/s1. The van der Waals surface area contributed by atoms with Crippen molar-refractivity contribution in [2.24, 2.45) is 5.92 Å². The SMILES string of the molecule is COc1ccccc1-c1nc(O[C@@H]2C[C@H]3C(=O)N[C@]4(C(=O)NS(=O)(=O)C5CC5)C[C@H]4/C=C\CCCCC[C@H](NC(=O)OC(C)(C)C)C(=O)N3C2)c2oc3ccc(F)cc3c2n1. The van der Waals surface area contributed by atoms with Crippen LogP contribution in [0.15, 0.2) is 59.0 Å². The minimum Gasteiger partial charge on any atom is -0.496 e. The number of alkyl carbamates (subject to hydrolysis) is 1. The molecule has 3 N–H and O–H groups in total. The van der Waals surface area contributed by atoms with E-state index in [2.05, 4.69) is 15.4 Å². The third kappa shape index (κ3) is 8.85. The van der Waals surface area contributed by atoms with E-state index >= 15 is 0 Å². The van der Waals surface area contributed by atoms with Crippen LogP contribution in [0.1, 0.15) is 78.6 Å². The van der Waals surface area contributed by atoms with Gasteiger partial charge in [-0.25, -0.2) is 22.6 Å². The number of carbonyl (C=O) groups is 4. The highest BCUT2D eigenvalue weighted by molar-refractivity contribution is 7.91. The molecule has 5 atom stereocenters. The van der Waals surface area contributed by atoms with Crippen LogP contribution >= 0.6 is 0 Å². The predicted octanol–water partition coefficient (Wildman–Crippen LogP) is 5.44. The van der Waals surface area contributed by atoms with Crippen LogP contribution in [0.2, 0.25) is 0 Å². The molecule has 2 aliphatic heterocycles. The highest BCUT2D eigenvalue weighted by Gasteiger charge is 2.62. The van der Waals surface area contributed by atoms with Crippen molar-refractivity contribution in [1.82, 2.24) is 30.2 Å². The molecule has 4 aromatic rings. The molecule has 4 heterocycles. The van der Waals surface area contributed by atoms with E-state index in [9.17, 15) is 32.0 Å². The third-order valence-corrected chi connectivity index (χ3v) is 13.2. The van der Waals surface area contributed by atoms with E-state index < -0.39 is 80.2 Å². The van der Waals surface area contributed by atoms with E-state index in [1.165, 1.54) is 30.2 Å². The lowest BCUT2D eigenvalue weighted by Gasteiger charge is -2.30. The number of ether oxygens (including phenoxy) is 3. The van der Waals surface area contributed by atoms with Crippen LogP contribution in [-0.4, -0.2) is 95.3 Å². The number of para-hydroxylation sites is 1. The van der Waals surface area contributed by atoms with Crippen LogP contribution in [0.4, 0.5) is 9.18 Å². The molecule has 2 aromatic carbocycles. The van der Waals surface area contributed by atoms with Crippen molar-refractivity contribution >= 4 is 55.9 Å². The Bertz CT molecular complexity index is 2530. The first kappa shape index (κ1) is 41.9.